The van der Waals surface area contributed by atoms with Crippen molar-refractivity contribution in [3.8, 4) is 5.88 Å². The van der Waals surface area contributed by atoms with Gasteiger partial charge in [-0.25, -0.2) is 4.98 Å². The van der Waals surface area contributed by atoms with E-state index in [9.17, 15) is 0 Å². The monoisotopic (exact) mass is 394 g/mol. The summed E-state index contributed by atoms with van der Waals surface area (Å²) in [5, 5.41) is -0.187. The second-order valence-electron chi connectivity index (χ2n) is 9.33. The molecule has 1 aliphatic carbocycles. The van der Waals surface area contributed by atoms with E-state index >= 15 is 0 Å². The topological polar surface area (TPSA) is 25.4 Å². The third kappa shape index (κ3) is 7.17. The Bertz CT molecular complexity index is 644. The van der Waals surface area contributed by atoms with E-state index < -0.39 is 0 Å². The zero-order valence-electron chi connectivity index (χ0n) is 18.7. The van der Waals surface area contributed by atoms with Crippen molar-refractivity contribution in [2.75, 3.05) is 26.2 Å². The summed E-state index contributed by atoms with van der Waals surface area (Å²) in [6.45, 7) is 8.45. The van der Waals surface area contributed by atoms with E-state index in [1.165, 1.54) is 56.2 Å². The fraction of sp³-hybridized carbons (Fsp3) is 0.720. The summed E-state index contributed by atoms with van der Waals surface area (Å²) in [6, 6.07) is 6.26. The predicted molar refractivity (Wildman–Crippen MR) is 123 cm³/mol. The van der Waals surface area contributed by atoms with Crippen LogP contribution in [-0.2, 0) is 0 Å². The van der Waals surface area contributed by atoms with E-state index in [0.717, 1.165) is 44.8 Å². The van der Waals surface area contributed by atoms with Gasteiger partial charge >= 0.3 is 0 Å². The van der Waals surface area contributed by atoms with Crippen molar-refractivity contribution in [2.45, 2.75) is 89.3 Å². The van der Waals surface area contributed by atoms with Crippen molar-refractivity contribution >= 4 is 7.85 Å². The summed E-state index contributed by atoms with van der Waals surface area (Å²) in [6.07, 6.45) is 14.4. The number of hydrogen-bond donors (Lipinski definition) is 0. The number of allylic oxidation sites excluding steroid dienone is 1. The number of likely N-dealkylation sites (tertiary alicyclic amines) is 1. The number of aromatic nitrogens is 1. The van der Waals surface area contributed by atoms with Crippen LogP contribution in [0.25, 0.3) is 0 Å². The van der Waals surface area contributed by atoms with E-state index in [2.05, 4.69) is 37.0 Å². The van der Waals surface area contributed by atoms with E-state index in [1.807, 2.05) is 6.07 Å². The van der Waals surface area contributed by atoms with Gasteiger partial charge < -0.3 is 4.74 Å². The van der Waals surface area contributed by atoms with Crippen molar-refractivity contribution in [1.82, 2.24) is 9.88 Å². The molecule has 29 heavy (non-hydrogen) atoms. The van der Waals surface area contributed by atoms with Crippen molar-refractivity contribution in [2.24, 2.45) is 0 Å². The van der Waals surface area contributed by atoms with Crippen LogP contribution in [0.4, 0.5) is 0 Å². The van der Waals surface area contributed by atoms with Crippen molar-refractivity contribution in [3.63, 3.8) is 0 Å². The molecule has 2 heterocycles. The molecule has 1 aliphatic heterocycles. The highest BCUT2D eigenvalue weighted by molar-refractivity contribution is 6.15. The molecule has 4 heteroatoms. The quantitative estimate of drug-likeness (QED) is 0.415. The third-order valence-corrected chi connectivity index (χ3v) is 6.63. The largest absolute Gasteiger partial charge is 0.478 e. The molecule has 1 saturated heterocycles. The highest BCUT2D eigenvalue weighted by atomic mass is 16.5. The van der Waals surface area contributed by atoms with E-state index in [-0.39, 0.29) is 5.31 Å². The molecular formula is C25H39BN2O. The zero-order chi connectivity index (χ0) is 20.5. The maximum atomic E-state index is 6.67. The molecule has 2 aliphatic rings. The molecule has 0 aromatic carbocycles. The fourth-order valence-electron chi connectivity index (χ4n) is 4.86. The molecular weight excluding hydrogens is 355 g/mol. The van der Waals surface area contributed by atoms with Crippen LogP contribution in [0.1, 0.15) is 89.7 Å². The minimum Gasteiger partial charge on any atom is -0.478 e. The fourth-order valence-corrected chi connectivity index (χ4v) is 4.86. The second kappa shape index (κ2) is 11.2. The van der Waals surface area contributed by atoms with E-state index in [1.54, 1.807) is 0 Å². The Balaban J connectivity index is 1.51. The van der Waals surface area contributed by atoms with Gasteiger partial charge in [-0.1, -0.05) is 69.6 Å². The summed E-state index contributed by atoms with van der Waals surface area (Å²) >= 11 is 0. The van der Waals surface area contributed by atoms with Crippen LogP contribution in [0.15, 0.2) is 29.8 Å². The Hall–Kier alpha value is -1.29. The van der Waals surface area contributed by atoms with E-state index in [4.69, 9.17) is 17.6 Å². The van der Waals surface area contributed by atoms with Gasteiger partial charge in [0.15, 0.2) is 0 Å². The molecule has 1 aromatic rings. The molecule has 0 atom stereocenters. The highest BCUT2D eigenvalue weighted by Gasteiger charge is 2.26. The van der Waals surface area contributed by atoms with Gasteiger partial charge in [0.25, 0.3) is 0 Å². The maximum absolute atomic E-state index is 6.67. The first-order chi connectivity index (χ1) is 14.1. The Kier molecular flexibility index (Phi) is 8.65. The first-order valence-corrected chi connectivity index (χ1v) is 11.8. The average molecular weight is 394 g/mol. The Labute approximate surface area is 179 Å². The third-order valence-electron chi connectivity index (χ3n) is 6.63. The van der Waals surface area contributed by atoms with Crippen molar-refractivity contribution < 1.29 is 4.74 Å². The van der Waals surface area contributed by atoms with Gasteiger partial charge in [-0.2, -0.15) is 0 Å². The summed E-state index contributed by atoms with van der Waals surface area (Å²) < 4.78 is 6.12. The lowest BCUT2D eigenvalue weighted by molar-refractivity contribution is 0.217. The number of hydrogen-bond acceptors (Lipinski definition) is 3. The minimum absolute atomic E-state index is 0.187. The van der Waals surface area contributed by atoms with Crippen molar-refractivity contribution in [3.05, 3.63) is 35.5 Å². The lowest BCUT2D eigenvalue weighted by Gasteiger charge is -2.33. The number of piperidine rings is 1. The molecule has 0 N–H and O–H groups in total. The lowest BCUT2D eigenvalue weighted by Crippen LogP contribution is -2.34. The van der Waals surface area contributed by atoms with Crippen LogP contribution >= 0.6 is 0 Å². The number of rotatable bonds is 7. The first kappa shape index (κ1) is 22.4. The standard InChI is InChI=1S/C25H39BN2O/c1-3-10-21(2)19-28-17-13-22(14-18-28)23-11-9-12-24(27-23)29-20-25(26)15-7-5-4-6-8-16-25/h9-12,22H,3-8,13-20H2,1-2H3/b21-10-. The Morgan fingerprint density at radius 2 is 1.86 bits per heavy atom. The molecule has 1 aromatic heterocycles. The van der Waals surface area contributed by atoms with Gasteiger partial charge in [-0.15, -0.1) is 0 Å². The van der Waals surface area contributed by atoms with Crippen LogP contribution in [-0.4, -0.2) is 44.0 Å². The van der Waals surface area contributed by atoms with Gasteiger partial charge in [0.2, 0.25) is 5.88 Å². The van der Waals surface area contributed by atoms with Crippen LogP contribution in [0.2, 0.25) is 5.31 Å². The van der Waals surface area contributed by atoms with Gasteiger partial charge in [0.1, 0.15) is 0 Å². The van der Waals surface area contributed by atoms with Crippen molar-refractivity contribution in [1.29, 1.82) is 0 Å². The maximum Gasteiger partial charge on any atom is 0.213 e. The smallest absolute Gasteiger partial charge is 0.213 e. The normalized spacial score (nSPS) is 22.1. The zero-order valence-corrected chi connectivity index (χ0v) is 18.7. The van der Waals surface area contributed by atoms with Gasteiger partial charge in [0, 0.05) is 24.2 Å². The molecule has 3 rings (SSSR count). The van der Waals surface area contributed by atoms with Crippen LogP contribution in [0.5, 0.6) is 5.88 Å². The van der Waals surface area contributed by atoms with Crippen LogP contribution < -0.4 is 4.74 Å². The molecule has 1 saturated carbocycles. The highest BCUT2D eigenvalue weighted by Crippen LogP contribution is 2.38. The molecule has 0 bridgehead atoms. The summed E-state index contributed by atoms with van der Waals surface area (Å²) in [5.74, 6) is 1.29. The number of ether oxygens (including phenoxy) is 1. The Morgan fingerprint density at radius 3 is 2.55 bits per heavy atom. The molecule has 158 valence electrons. The lowest BCUT2D eigenvalue weighted by atomic mass is 9.62. The van der Waals surface area contributed by atoms with Gasteiger partial charge in [0.05, 0.1) is 14.5 Å². The first-order valence-electron chi connectivity index (χ1n) is 11.8. The van der Waals surface area contributed by atoms with Gasteiger partial charge in [-0.3, -0.25) is 4.90 Å². The predicted octanol–water partition coefficient (Wildman–Crippen LogP) is 6.07. The number of pyridine rings is 1. The van der Waals surface area contributed by atoms with Crippen LogP contribution in [0, 0.1) is 0 Å². The SMILES string of the molecule is [B]C1(COc2cccc(C3CCN(C/C(C)=C\CC)CC3)n2)CCCCCCC1. The van der Waals surface area contributed by atoms with E-state index in [0.29, 0.717) is 12.5 Å². The molecule has 0 amide bonds. The molecule has 2 radical (unpaired) electrons. The number of nitrogens with zero attached hydrogens (tertiary/aromatic N) is 2. The summed E-state index contributed by atoms with van der Waals surface area (Å²) in [5.41, 5.74) is 2.68. The Morgan fingerprint density at radius 1 is 1.17 bits per heavy atom. The second-order valence-corrected chi connectivity index (χ2v) is 9.33. The van der Waals surface area contributed by atoms with Gasteiger partial charge in [-0.05, 0) is 50.7 Å². The average Bonchev–Trinajstić information content (AvgIpc) is 2.71. The van der Waals surface area contributed by atoms with Crippen LogP contribution in [0.3, 0.4) is 0 Å². The summed E-state index contributed by atoms with van der Waals surface area (Å²) in [4.78, 5) is 7.44. The molecule has 3 nitrogen and oxygen atoms in total. The molecule has 0 spiro atoms. The molecule has 2 fully saturated rings. The minimum atomic E-state index is -0.187. The summed E-state index contributed by atoms with van der Waals surface area (Å²) in [7, 11) is 6.67. The molecule has 0 unspecified atom stereocenters.